The fraction of sp³-hybridized carbons (Fsp3) is 0.385. The van der Waals surface area contributed by atoms with Gasteiger partial charge >= 0.3 is 0 Å². The molecule has 1 heterocycles. The van der Waals surface area contributed by atoms with E-state index in [-0.39, 0.29) is 11.6 Å². The highest BCUT2D eigenvalue weighted by atomic mass is 16.2. The Morgan fingerprint density at radius 1 is 1.25 bits per heavy atom. The van der Waals surface area contributed by atoms with Crippen molar-refractivity contribution in [2.24, 2.45) is 0 Å². The fourth-order valence-corrected chi connectivity index (χ4v) is 2.84. The Hall–Kier alpha value is -1.48. The monoisotopic (exact) mass is 215 g/mol. The summed E-state index contributed by atoms with van der Waals surface area (Å²) in [5, 5.41) is 3.11. The lowest BCUT2D eigenvalue weighted by Crippen LogP contribution is -2.50. The first-order valence-corrected chi connectivity index (χ1v) is 5.61. The molecule has 0 amide bonds. The van der Waals surface area contributed by atoms with Crippen molar-refractivity contribution in [2.75, 3.05) is 6.54 Å². The van der Waals surface area contributed by atoms with Crippen LogP contribution in [0.4, 0.5) is 0 Å². The summed E-state index contributed by atoms with van der Waals surface area (Å²) in [5.41, 5.74) is 1.21. The second-order valence-corrected chi connectivity index (χ2v) is 4.59. The maximum atomic E-state index is 12.4. The third-order valence-corrected chi connectivity index (χ3v) is 3.68. The van der Waals surface area contributed by atoms with Crippen LogP contribution in [0.5, 0.6) is 0 Å². The van der Waals surface area contributed by atoms with Gasteiger partial charge in [0.25, 0.3) is 0 Å². The van der Waals surface area contributed by atoms with E-state index in [2.05, 4.69) is 5.32 Å². The number of carbonyl (C=O) groups excluding carboxylic acids is 2. The average Bonchev–Trinajstić information content (AvgIpc) is 2.83. The zero-order valence-electron chi connectivity index (χ0n) is 9.17. The van der Waals surface area contributed by atoms with E-state index in [1.807, 2.05) is 19.1 Å². The van der Waals surface area contributed by atoms with Gasteiger partial charge in [-0.2, -0.15) is 0 Å². The number of Topliss-reactive ketones (excluding diaryl/α,β-unsaturated/α-hetero) is 2. The van der Waals surface area contributed by atoms with Crippen LogP contribution in [0.25, 0.3) is 0 Å². The number of nitrogens with one attached hydrogen (secondary N) is 1. The summed E-state index contributed by atoms with van der Waals surface area (Å²) < 4.78 is 0. The number of fused-ring (bicyclic) bond motifs is 1. The molecule has 1 aliphatic heterocycles. The summed E-state index contributed by atoms with van der Waals surface area (Å²) in [6.07, 6.45) is 1.53. The molecular formula is C13H13NO2. The molecule has 1 spiro atoms. The minimum absolute atomic E-state index is 0.0249. The summed E-state index contributed by atoms with van der Waals surface area (Å²) in [6, 6.07) is 5.49. The lowest BCUT2D eigenvalue weighted by molar-refractivity contribution is 0.0779. The molecule has 1 N–H and O–H groups in total. The van der Waals surface area contributed by atoms with Crippen LogP contribution in [-0.4, -0.2) is 23.7 Å². The van der Waals surface area contributed by atoms with Crippen LogP contribution in [-0.2, 0) is 0 Å². The maximum absolute atomic E-state index is 12.4. The standard InChI is InChI=1S/C13H13NO2/c1-8-4-2-5-9-10(8)12(16)13(11(9)15)6-3-7-14-13/h2,4-5,14H,3,6-7H2,1H3. The quantitative estimate of drug-likeness (QED) is 0.667. The molecule has 1 saturated heterocycles. The zero-order chi connectivity index (χ0) is 11.3. The van der Waals surface area contributed by atoms with Crippen molar-refractivity contribution >= 4 is 11.6 Å². The van der Waals surface area contributed by atoms with E-state index in [0.29, 0.717) is 17.5 Å². The van der Waals surface area contributed by atoms with E-state index < -0.39 is 5.54 Å². The highest BCUT2D eigenvalue weighted by Gasteiger charge is 2.54. The Morgan fingerprint density at radius 2 is 2.06 bits per heavy atom. The highest BCUT2D eigenvalue weighted by molar-refractivity contribution is 6.33. The molecule has 3 heteroatoms. The summed E-state index contributed by atoms with van der Waals surface area (Å²) in [7, 11) is 0. The van der Waals surface area contributed by atoms with E-state index in [1.165, 1.54) is 0 Å². The van der Waals surface area contributed by atoms with Crippen molar-refractivity contribution in [2.45, 2.75) is 25.3 Å². The molecular weight excluding hydrogens is 202 g/mol. The average molecular weight is 215 g/mol. The number of hydrogen-bond acceptors (Lipinski definition) is 3. The molecule has 16 heavy (non-hydrogen) atoms. The molecule has 3 rings (SSSR count). The van der Waals surface area contributed by atoms with Crippen LogP contribution in [0.1, 0.15) is 39.1 Å². The van der Waals surface area contributed by atoms with Gasteiger partial charge in [-0.25, -0.2) is 0 Å². The molecule has 1 aliphatic carbocycles. The molecule has 82 valence electrons. The number of benzene rings is 1. The largest absolute Gasteiger partial charge is 0.298 e. The number of aryl methyl sites for hydroxylation is 1. The molecule has 0 aromatic heterocycles. The lowest BCUT2D eigenvalue weighted by atomic mass is 9.91. The molecule has 0 radical (unpaired) electrons. The van der Waals surface area contributed by atoms with Gasteiger partial charge in [-0.15, -0.1) is 0 Å². The highest BCUT2D eigenvalue weighted by Crippen LogP contribution is 2.37. The first-order valence-electron chi connectivity index (χ1n) is 5.61. The third kappa shape index (κ3) is 0.964. The summed E-state index contributed by atoms with van der Waals surface area (Å²) in [5.74, 6) is -0.0585. The van der Waals surface area contributed by atoms with Gasteiger partial charge in [0, 0.05) is 11.1 Å². The molecule has 1 fully saturated rings. The van der Waals surface area contributed by atoms with E-state index in [1.54, 1.807) is 6.07 Å². The van der Waals surface area contributed by atoms with Gasteiger partial charge in [0.05, 0.1) is 0 Å². The van der Waals surface area contributed by atoms with Crippen LogP contribution in [0.3, 0.4) is 0 Å². The van der Waals surface area contributed by atoms with Crippen LogP contribution in [0, 0.1) is 6.92 Å². The van der Waals surface area contributed by atoms with E-state index in [0.717, 1.165) is 18.5 Å². The van der Waals surface area contributed by atoms with Crippen LogP contribution < -0.4 is 5.32 Å². The minimum atomic E-state index is -0.922. The van der Waals surface area contributed by atoms with Crippen molar-refractivity contribution in [1.29, 1.82) is 0 Å². The van der Waals surface area contributed by atoms with Crippen LogP contribution in [0.15, 0.2) is 18.2 Å². The molecule has 1 aromatic carbocycles. The van der Waals surface area contributed by atoms with Crippen LogP contribution >= 0.6 is 0 Å². The number of carbonyl (C=O) groups is 2. The van der Waals surface area contributed by atoms with Gasteiger partial charge in [-0.3, -0.25) is 14.9 Å². The van der Waals surface area contributed by atoms with Gasteiger partial charge in [0.15, 0.2) is 11.6 Å². The predicted octanol–water partition coefficient (Wildman–Crippen LogP) is 1.50. The van der Waals surface area contributed by atoms with E-state index in [4.69, 9.17) is 0 Å². The predicted molar refractivity (Wildman–Crippen MR) is 59.8 cm³/mol. The van der Waals surface area contributed by atoms with Crippen molar-refractivity contribution in [3.8, 4) is 0 Å². The topological polar surface area (TPSA) is 46.2 Å². The first-order chi connectivity index (χ1) is 7.67. The van der Waals surface area contributed by atoms with Crippen molar-refractivity contribution < 1.29 is 9.59 Å². The summed E-state index contributed by atoms with van der Waals surface area (Å²) in [4.78, 5) is 24.7. The second-order valence-electron chi connectivity index (χ2n) is 4.59. The van der Waals surface area contributed by atoms with E-state index in [9.17, 15) is 9.59 Å². The Kier molecular flexibility index (Phi) is 1.83. The second kappa shape index (κ2) is 3.01. The molecule has 0 saturated carbocycles. The first kappa shape index (κ1) is 9.73. The molecule has 0 bridgehead atoms. The molecule has 3 nitrogen and oxygen atoms in total. The Bertz CT molecular complexity index is 499. The minimum Gasteiger partial charge on any atom is -0.298 e. The number of hydrogen-bond donors (Lipinski definition) is 1. The van der Waals surface area contributed by atoms with Gasteiger partial charge < -0.3 is 0 Å². The molecule has 1 aromatic rings. The lowest BCUT2D eigenvalue weighted by Gasteiger charge is -2.19. The number of rotatable bonds is 0. The van der Waals surface area contributed by atoms with Gasteiger partial charge in [0.2, 0.25) is 0 Å². The van der Waals surface area contributed by atoms with Gasteiger partial charge in [0.1, 0.15) is 5.54 Å². The Morgan fingerprint density at radius 3 is 2.69 bits per heavy atom. The maximum Gasteiger partial charge on any atom is 0.191 e. The van der Waals surface area contributed by atoms with E-state index >= 15 is 0 Å². The Labute approximate surface area is 93.8 Å². The van der Waals surface area contributed by atoms with Gasteiger partial charge in [-0.05, 0) is 31.9 Å². The normalized spacial score (nSPS) is 27.8. The van der Waals surface area contributed by atoms with Crippen molar-refractivity contribution in [3.63, 3.8) is 0 Å². The summed E-state index contributed by atoms with van der Waals surface area (Å²) >= 11 is 0. The third-order valence-electron chi connectivity index (χ3n) is 3.68. The fourth-order valence-electron chi connectivity index (χ4n) is 2.84. The van der Waals surface area contributed by atoms with Crippen molar-refractivity contribution in [1.82, 2.24) is 5.32 Å². The Balaban J connectivity index is 2.24. The van der Waals surface area contributed by atoms with Gasteiger partial charge in [-0.1, -0.05) is 18.2 Å². The molecule has 1 unspecified atom stereocenters. The molecule has 2 aliphatic rings. The smallest absolute Gasteiger partial charge is 0.191 e. The SMILES string of the molecule is Cc1cccc2c1C(=O)C1(CCCN1)C2=O. The number of ketones is 2. The van der Waals surface area contributed by atoms with Crippen molar-refractivity contribution in [3.05, 3.63) is 34.9 Å². The zero-order valence-corrected chi connectivity index (χ0v) is 9.17. The summed E-state index contributed by atoms with van der Waals surface area (Å²) in [6.45, 7) is 2.64. The molecule has 1 atom stereocenters. The van der Waals surface area contributed by atoms with Crippen LogP contribution in [0.2, 0.25) is 0 Å².